The Morgan fingerprint density at radius 2 is 1.38 bits per heavy atom. The van der Waals surface area contributed by atoms with Crippen LogP contribution in [0, 0.1) is 0 Å². The molecule has 29 heavy (non-hydrogen) atoms. The van der Waals surface area contributed by atoms with Gasteiger partial charge in [-0.2, -0.15) is 0 Å². The van der Waals surface area contributed by atoms with Crippen LogP contribution in [0.15, 0.2) is 91.0 Å². The number of aromatic nitrogens is 1. The highest BCUT2D eigenvalue weighted by Crippen LogP contribution is 2.40. The van der Waals surface area contributed by atoms with Crippen molar-refractivity contribution in [2.45, 2.75) is 0 Å². The van der Waals surface area contributed by atoms with E-state index in [1.54, 1.807) is 6.07 Å². The van der Waals surface area contributed by atoms with Gasteiger partial charge in [0.1, 0.15) is 0 Å². The van der Waals surface area contributed by atoms with Crippen LogP contribution in [0.3, 0.4) is 0 Å². The Morgan fingerprint density at radius 3 is 2.03 bits per heavy atom. The molecule has 3 heteroatoms. The largest absolute Gasteiger partial charge is 0.465 e. The van der Waals surface area contributed by atoms with Gasteiger partial charge in [-0.15, -0.1) is 0 Å². The fraction of sp³-hybridized carbons (Fsp3) is 0.0385. The first kappa shape index (κ1) is 17.3. The summed E-state index contributed by atoms with van der Waals surface area (Å²) in [7, 11) is 1.41. The number of fused-ring (bicyclic) bond motifs is 3. The van der Waals surface area contributed by atoms with Gasteiger partial charge in [0, 0.05) is 21.9 Å². The van der Waals surface area contributed by atoms with Crippen molar-refractivity contribution in [3.8, 4) is 22.3 Å². The van der Waals surface area contributed by atoms with Crippen molar-refractivity contribution < 1.29 is 9.53 Å². The molecule has 4 aromatic carbocycles. The van der Waals surface area contributed by atoms with Gasteiger partial charge >= 0.3 is 5.97 Å². The summed E-state index contributed by atoms with van der Waals surface area (Å²) in [5, 5.41) is 2.12. The molecule has 0 spiro atoms. The molecular formula is C26H19NO2. The van der Waals surface area contributed by atoms with Gasteiger partial charge in [0.25, 0.3) is 0 Å². The Kier molecular flexibility index (Phi) is 4.14. The maximum absolute atomic E-state index is 12.1. The summed E-state index contributed by atoms with van der Waals surface area (Å²) in [5.74, 6) is -0.332. The number of methoxy groups -OCH3 is 1. The van der Waals surface area contributed by atoms with Crippen molar-refractivity contribution in [3.05, 3.63) is 96.6 Å². The van der Waals surface area contributed by atoms with Crippen LogP contribution in [0.25, 0.3) is 44.1 Å². The molecular weight excluding hydrogens is 358 g/mol. The maximum Gasteiger partial charge on any atom is 0.337 e. The van der Waals surface area contributed by atoms with E-state index in [2.05, 4.69) is 41.4 Å². The minimum Gasteiger partial charge on any atom is -0.465 e. The van der Waals surface area contributed by atoms with Crippen LogP contribution in [0.5, 0.6) is 0 Å². The van der Waals surface area contributed by atoms with Gasteiger partial charge in [-0.3, -0.25) is 0 Å². The third kappa shape index (κ3) is 2.88. The van der Waals surface area contributed by atoms with Crippen LogP contribution in [-0.4, -0.2) is 18.1 Å². The molecule has 0 radical (unpaired) electrons. The molecule has 0 saturated heterocycles. The summed E-state index contributed by atoms with van der Waals surface area (Å²) in [5.41, 5.74) is 7.16. The highest BCUT2D eigenvalue weighted by Gasteiger charge is 2.16. The van der Waals surface area contributed by atoms with Gasteiger partial charge in [-0.25, -0.2) is 4.79 Å². The average molecular weight is 377 g/mol. The molecule has 0 amide bonds. The van der Waals surface area contributed by atoms with Crippen LogP contribution in [0.2, 0.25) is 0 Å². The van der Waals surface area contributed by atoms with E-state index in [4.69, 9.17) is 4.74 Å². The monoisotopic (exact) mass is 377 g/mol. The number of carbonyl (C=O) groups excluding carboxylic acids is 1. The number of rotatable bonds is 3. The van der Waals surface area contributed by atoms with E-state index < -0.39 is 0 Å². The van der Waals surface area contributed by atoms with Gasteiger partial charge in [-0.1, -0.05) is 72.8 Å². The summed E-state index contributed by atoms with van der Waals surface area (Å²) in [4.78, 5) is 15.7. The fourth-order valence-electron chi connectivity index (χ4n) is 3.97. The van der Waals surface area contributed by atoms with Crippen LogP contribution in [0.1, 0.15) is 10.4 Å². The smallest absolute Gasteiger partial charge is 0.337 e. The van der Waals surface area contributed by atoms with Gasteiger partial charge in [0.2, 0.25) is 0 Å². The molecule has 0 aliphatic heterocycles. The molecule has 0 unspecified atom stereocenters. The van der Waals surface area contributed by atoms with Crippen molar-refractivity contribution in [3.63, 3.8) is 0 Å². The maximum atomic E-state index is 12.1. The van der Waals surface area contributed by atoms with Crippen LogP contribution in [0.4, 0.5) is 0 Å². The fourth-order valence-corrected chi connectivity index (χ4v) is 3.97. The second kappa shape index (κ2) is 6.95. The number of ether oxygens (including phenoxy) is 1. The topological polar surface area (TPSA) is 42.1 Å². The van der Waals surface area contributed by atoms with E-state index in [1.165, 1.54) is 7.11 Å². The lowest BCUT2D eigenvalue weighted by Crippen LogP contribution is -2.00. The van der Waals surface area contributed by atoms with Crippen LogP contribution >= 0.6 is 0 Å². The first-order valence-corrected chi connectivity index (χ1v) is 9.54. The van der Waals surface area contributed by atoms with Gasteiger partial charge in [-0.05, 0) is 34.9 Å². The average Bonchev–Trinajstić information content (AvgIpc) is 3.18. The summed E-state index contributed by atoms with van der Waals surface area (Å²) in [6.07, 6.45) is 0. The van der Waals surface area contributed by atoms with Gasteiger partial charge < -0.3 is 9.72 Å². The zero-order chi connectivity index (χ0) is 19.8. The molecule has 0 aliphatic carbocycles. The highest BCUT2D eigenvalue weighted by molar-refractivity contribution is 6.19. The van der Waals surface area contributed by atoms with Gasteiger partial charge in [0.15, 0.2) is 0 Å². The van der Waals surface area contributed by atoms with E-state index in [-0.39, 0.29) is 5.97 Å². The normalized spacial score (nSPS) is 11.1. The van der Waals surface area contributed by atoms with Crippen molar-refractivity contribution in [1.29, 1.82) is 0 Å². The van der Waals surface area contributed by atoms with Crippen molar-refractivity contribution >= 4 is 27.8 Å². The molecule has 140 valence electrons. The van der Waals surface area contributed by atoms with Crippen molar-refractivity contribution in [2.75, 3.05) is 7.11 Å². The molecule has 1 heterocycles. The summed E-state index contributed by atoms with van der Waals surface area (Å²) in [6.45, 7) is 0. The second-order valence-corrected chi connectivity index (χ2v) is 7.02. The lowest BCUT2D eigenvalue weighted by atomic mass is 9.94. The zero-order valence-electron chi connectivity index (χ0n) is 16.0. The number of nitrogens with one attached hydrogen (secondary N) is 1. The standard InChI is InChI=1S/C26H19NO2/c1-29-26(28)19-12-15-23-22(16-19)24-20(17-8-4-2-5-9-17)13-14-21(25(24)27-23)18-10-6-3-7-11-18/h2-16,27H,1H3. The first-order valence-electron chi connectivity index (χ1n) is 9.54. The number of aromatic amines is 1. The molecule has 0 bridgehead atoms. The minimum atomic E-state index is -0.332. The molecule has 0 aliphatic rings. The Bertz CT molecular complexity index is 1340. The molecule has 3 nitrogen and oxygen atoms in total. The van der Waals surface area contributed by atoms with Gasteiger partial charge in [0.05, 0.1) is 18.2 Å². The third-order valence-corrected chi connectivity index (χ3v) is 5.34. The molecule has 1 aromatic heterocycles. The summed E-state index contributed by atoms with van der Waals surface area (Å²) < 4.78 is 4.93. The predicted octanol–water partition coefficient (Wildman–Crippen LogP) is 6.44. The molecule has 0 atom stereocenters. The molecule has 1 N–H and O–H groups in total. The summed E-state index contributed by atoms with van der Waals surface area (Å²) in [6, 6.07) is 30.7. The molecule has 5 aromatic rings. The third-order valence-electron chi connectivity index (χ3n) is 5.34. The minimum absolute atomic E-state index is 0.332. The molecule has 5 rings (SSSR count). The zero-order valence-corrected chi connectivity index (χ0v) is 16.0. The van der Waals surface area contributed by atoms with Crippen LogP contribution < -0.4 is 0 Å². The van der Waals surface area contributed by atoms with Crippen molar-refractivity contribution in [1.82, 2.24) is 4.98 Å². The molecule has 0 fully saturated rings. The van der Waals surface area contributed by atoms with E-state index >= 15 is 0 Å². The number of hydrogen-bond acceptors (Lipinski definition) is 2. The SMILES string of the molecule is COC(=O)c1ccc2[nH]c3c(-c4ccccc4)ccc(-c4ccccc4)c3c2c1. The quantitative estimate of drug-likeness (QED) is 0.368. The lowest BCUT2D eigenvalue weighted by Gasteiger charge is -2.09. The summed E-state index contributed by atoms with van der Waals surface area (Å²) >= 11 is 0. The number of esters is 1. The van der Waals surface area contributed by atoms with E-state index in [0.29, 0.717) is 5.56 Å². The number of carbonyl (C=O) groups is 1. The lowest BCUT2D eigenvalue weighted by molar-refractivity contribution is 0.0601. The number of H-pyrrole nitrogens is 1. The Morgan fingerprint density at radius 1 is 0.759 bits per heavy atom. The Hall–Kier alpha value is -3.85. The second-order valence-electron chi connectivity index (χ2n) is 7.02. The van der Waals surface area contributed by atoms with E-state index in [1.807, 2.05) is 48.5 Å². The first-order chi connectivity index (χ1) is 14.3. The highest BCUT2D eigenvalue weighted by atomic mass is 16.5. The molecule has 0 saturated carbocycles. The van der Waals surface area contributed by atoms with Crippen molar-refractivity contribution in [2.24, 2.45) is 0 Å². The predicted molar refractivity (Wildman–Crippen MR) is 118 cm³/mol. The Balaban J connectivity index is 1.89. The van der Waals surface area contributed by atoms with E-state index in [9.17, 15) is 4.79 Å². The Labute approximate surface area is 168 Å². The van der Waals surface area contributed by atoms with Crippen LogP contribution in [-0.2, 0) is 4.74 Å². The van der Waals surface area contributed by atoms with E-state index in [0.717, 1.165) is 44.1 Å². The number of hydrogen-bond donors (Lipinski definition) is 1. The number of benzene rings is 4.